The third-order valence-corrected chi connectivity index (χ3v) is 6.89. The molecule has 0 unspecified atom stereocenters. The van der Waals surface area contributed by atoms with Crippen LogP contribution in [-0.2, 0) is 10.0 Å². The number of aromatic nitrogens is 2. The first-order chi connectivity index (χ1) is 13.5. The van der Waals surface area contributed by atoms with E-state index in [9.17, 15) is 13.2 Å². The largest absolute Gasteiger partial charge is 0.298 e. The first-order valence-corrected chi connectivity index (χ1v) is 11.1. The minimum atomic E-state index is -3.63. The lowest BCUT2D eigenvalue weighted by molar-refractivity contribution is 0.102. The lowest BCUT2D eigenvalue weighted by Crippen LogP contribution is -2.30. The van der Waals surface area contributed by atoms with E-state index < -0.39 is 15.9 Å². The molecule has 0 aliphatic rings. The van der Waals surface area contributed by atoms with Crippen LogP contribution < -0.4 is 5.32 Å². The number of hydrogen-bond acceptors (Lipinski definition) is 6. The van der Waals surface area contributed by atoms with E-state index in [4.69, 9.17) is 0 Å². The zero-order chi connectivity index (χ0) is 20.1. The van der Waals surface area contributed by atoms with Crippen LogP contribution in [0.5, 0.6) is 0 Å². The maximum Gasteiger partial charge on any atom is 0.257 e. The minimum Gasteiger partial charge on any atom is -0.298 e. The Bertz CT molecular complexity index is 1060. The van der Waals surface area contributed by atoms with Gasteiger partial charge in [0.05, 0.1) is 10.6 Å². The molecule has 146 valence electrons. The summed E-state index contributed by atoms with van der Waals surface area (Å²) in [4.78, 5) is 21.3. The molecule has 0 bridgehead atoms. The second kappa shape index (κ2) is 8.59. The van der Waals surface area contributed by atoms with Crippen molar-refractivity contribution in [1.82, 2.24) is 14.3 Å². The molecule has 0 spiro atoms. The van der Waals surface area contributed by atoms with Crippen molar-refractivity contribution in [1.29, 1.82) is 0 Å². The Balaban J connectivity index is 1.80. The highest BCUT2D eigenvalue weighted by Crippen LogP contribution is 2.24. The zero-order valence-corrected chi connectivity index (χ0v) is 17.1. The molecule has 2 aromatic heterocycles. The SMILES string of the molecule is CCN(CC)S(=O)(=O)c1cccc(C(=O)Nc2nc(-c3ccccn3)cs2)c1. The number of benzene rings is 1. The summed E-state index contributed by atoms with van der Waals surface area (Å²) >= 11 is 1.28. The van der Waals surface area contributed by atoms with E-state index in [1.807, 2.05) is 18.2 Å². The first kappa shape index (κ1) is 20.1. The Morgan fingerprint density at radius 1 is 1.11 bits per heavy atom. The quantitative estimate of drug-likeness (QED) is 0.636. The van der Waals surface area contributed by atoms with Gasteiger partial charge in [-0.05, 0) is 30.3 Å². The van der Waals surface area contributed by atoms with Crippen LogP contribution in [0, 0.1) is 0 Å². The van der Waals surface area contributed by atoms with Gasteiger partial charge in [0.25, 0.3) is 5.91 Å². The molecule has 0 aliphatic carbocycles. The fraction of sp³-hybridized carbons (Fsp3) is 0.211. The molecule has 9 heteroatoms. The second-order valence-electron chi connectivity index (χ2n) is 5.82. The van der Waals surface area contributed by atoms with Gasteiger partial charge < -0.3 is 0 Å². The smallest absolute Gasteiger partial charge is 0.257 e. The van der Waals surface area contributed by atoms with E-state index in [0.717, 1.165) is 0 Å². The molecular formula is C19H20N4O3S2. The van der Waals surface area contributed by atoms with Gasteiger partial charge in [-0.15, -0.1) is 11.3 Å². The van der Waals surface area contributed by atoms with Crippen molar-refractivity contribution >= 4 is 32.4 Å². The Morgan fingerprint density at radius 2 is 1.89 bits per heavy atom. The van der Waals surface area contributed by atoms with Crippen LogP contribution in [0.3, 0.4) is 0 Å². The number of rotatable bonds is 7. The summed E-state index contributed by atoms with van der Waals surface area (Å²) in [6.45, 7) is 4.29. The van der Waals surface area contributed by atoms with Gasteiger partial charge in [-0.2, -0.15) is 4.31 Å². The average Bonchev–Trinajstić information content (AvgIpc) is 3.18. The van der Waals surface area contributed by atoms with E-state index >= 15 is 0 Å². The fourth-order valence-electron chi connectivity index (χ4n) is 2.64. The number of hydrogen-bond donors (Lipinski definition) is 1. The molecule has 0 fully saturated rings. The lowest BCUT2D eigenvalue weighted by atomic mass is 10.2. The molecule has 7 nitrogen and oxygen atoms in total. The summed E-state index contributed by atoms with van der Waals surface area (Å²) in [5.41, 5.74) is 1.63. The maximum absolute atomic E-state index is 12.7. The molecule has 0 radical (unpaired) electrons. The Labute approximate surface area is 168 Å². The number of sulfonamides is 1. The molecule has 0 aliphatic heterocycles. The highest BCUT2D eigenvalue weighted by Gasteiger charge is 2.22. The van der Waals surface area contributed by atoms with E-state index in [1.54, 1.807) is 37.6 Å². The van der Waals surface area contributed by atoms with Crippen molar-refractivity contribution in [3.63, 3.8) is 0 Å². The first-order valence-electron chi connectivity index (χ1n) is 8.74. The molecule has 1 N–H and O–H groups in total. The van der Waals surface area contributed by atoms with Crippen LogP contribution >= 0.6 is 11.3 Å². The predicted molar refractivity (Wildman–Crippen MR) is 110 cm³/mol. The maximum atomic E-state index is 12.7. The van der Waals surface area contributed by atoms with Gasteiger partial charge in [0.15, 0.2) is 5.13 Å². The van der Waals surface area contributed by atoms with Crippen LogP contribution in [0.25, 0.3) is 11.4 Å². The summed E-state index contributed by atoms with van der Waals surface area (Å²) in [6, 6.07) is 11.5. The second-order valence-corrected chi connectivity index (χ2v) is 8.62. The van der Waals surface area contributed by atoms with Crippen molar-refractivity contribution in [2.75, 3.05) is 18.4 Å². The minimum absolute atomic E-state index is 0.0946. The third-order valence-electron chi connectivity index (χ3n) is 4.09. The predicted octanol–water partition coefficient (Wildman–Crippen LogP) is 3.49. The van der Waals surface area contributed by atoms with Crippen LogP contribution in [0.4, 0.5) is 5.13 Å². The van der Waals surface area contributed by atoms with E-state index in [2.05, 4.69) is 15.3 Å². The van der Waals surface area contributed by atoms with Crippen molar-refractivity contribution < 1.29 is 13.2 Å². The van der Waals surface area contributed by atoms with Gasteiger partial charge in [0.1, 0.15) is 5.69 Å². The summed E-state index contributed by atoms with van der Waals surface area (Å²) in [5, 5.41) is 4.94. The average molecular weight is 417 g/mol. The molecule has 3 aromatic rings. The summed E-state index contributed by atoms with van der Waals surface area (Å²) in [7, 11) is -3.63. The number of nitrogens with zero attached hydrogens (tertiary/aromatic N) is 3. The number of amides is 1. The normalized spacial score (nSPS) is 11.5. The Kier molecular flexibility index (Phi) is 6.18. The van der Waals surface area contributed by atoms with Gasteiger partial charge in [-0.25, -0.2) is 13.4 Å². The number of carbonyl (C=O) groups is 1. The summed E-state index contributed by atoms with van der Waals surface area (Å²) in [6.07, 6.45) is 1.68. The van der Waals surface area contributed by atoms with Gasteiger partial charge >= 0.3 is 0 Å². The van der Waals surface area contributed by atoms with E-state index in [1.165, 1.54) is 27.8 Å². The van der Waals surface area contributed by atoms with Crippen LogP contribution in [0.15, 0.2) is 58.9 Å². The van der Waals surface area contributed by atoms with Gasteiger partial charge in [-0.1, -0.05) is 26.0 Å². The van der Waals surface area contributed by atoms with Gasteiger partial charge in [0.2, 0.25) is 10.0 Å². The van der Waals surface area contributed by atoms with Crippen LogP contribution in [-0.4, -0.2) is 41.7 Å². The van der Waals surface area contributed by atoms with Crippen molar-refractivity contribution in [3.05, 3.63) is 59.6 Å². The Hall–Kier alpha value is -2.62. The molecule has 1 amide bonds. The lowest BCUT2D eigenvalue weighted by Gasteiger charge is -2.18. The summed E-state index contributed by atoms with van der Waals surface area (Å²) < 4.78 is 26.7. The Morgan fingerprint density at radius 3 is 2.57 bits per heavy atom. The molecule has 0 saturated heterocycles. The number of anilines is 1. The van der Waals surface area contributed by atoms with E-state index in [-0.39, 0.29) is 10.5 Å². The number of pyridine rings is 1. The monoisotopic (exact) mass is 416 g/mol. The molecule has 1 aromatic carbocycles. The standard InChI is InChI=1S/C19H20N4O3S2/c1-3-23(4-2)28(25,26)15-9-7-8-14(12-15)18(24)22-19-21-17(13-27-19)16-10-5-6-11-20-16/h5-13H,3-4H2,1-2H3,(H,21,22,24). The van der Waals surface area contributed by atoms with Crippen molar-refractivity contribution in [3.8, 4) is 11.4 Å². The van der Waals surface area contributed by atoms with Crippen molar-refractivity contribution in [2.45, 2.75) is 18.7 Å². The van der Waals surface area contributed by atoms with Gasteiger partial charge in [0, 0.05) is 30.2 Å². The molecule has 3 rings (SSSR count). The summed E-state index contributed by atoms with van der Waals surface area (Å²) in [5.74, 6) is -0.418. The molecule has 2 heterocycles. The highest BCUT2D eigenvalue weighted by molar-refractivity contribution is 7.89. The van der Waals surface area contributed by atoms with E-state index in [0.29, 0.717) is 29.6 Å². The topological polar surface area (TPSA) is 92.3 Å². The number of carbonyl (C=O) groups excluding carboxylic acids is 1. The fourth-order valence-corrected chi connectivity index (χ4v) is 4.85. The van der Waals surface area contributed by atoms with Crippen LogP contribution in [0.1, 0.15) is 24.2 Å². The van der Waals surface area contributed by atoms with Crippen LogP contribution in [0.2, 0.25) is 0 Å². The third kappa shape index (κ3) is 4.27. The zero-order valence-electron chi connectivity index (χ0n) is 15.5. The molecule has 0 atom stereocenters. The van der Waals surface area contributed by atoms with Gasteiger partial charge in [-0.3, -0.25) is 15.1 Å². The molecular weight excluding hydrogens is 396 g/mol. The number of thiazole rings is 1. The number of nitrogens with one attached hydrogen (secondary N) is 1. The highest BCUT2D eigenvalue weighted by atomic mass is 32.2. The molecule has 28 heavy (non-hydrogen) atoms. The van der Waals surface area contributed by atoms with Crippen molar-refractivity contribution in [2.24, 2.45) is 0 Å². The molecule has 0 saturated carbocycles.